The summed E-state index contributed by atoms with van der Waals surface area (Å²) in [5, 5.41) is 3.16. The maximum Gasteiger partial charge on any atom is 0.253 e. The first-order valence-electron chi connectivity index (χ1n) is 11.1. The second kappa shape index (κ2) is 8.74. The van der Waals surface area contributed by atoms with E-state index in [2.05, 4.69) is 10.2 Å². The van der Waals surface area contributed by atoms with Crippen molar-refractivity contribution in [1.82, 2.24) is 15.1 Å². The Bertz CT molecular complexity index is 730. The number of likely N-dealkylation sites (tertiary alicyclic amines) is 2. The molecule has 2 amide bonds. The van der Waals surface area contributed by atoms with Gasteiger partial charge in [0.05, 0.1) is 0 Å². The lowest BCUT2D eigenvalue weighted by Crippen LogP contribution is -2.50. The molecule has 3 fully saturated rings. The molecule has 0 unspecified atom stereocenters. The summed E-state index contributed by atoms with van der Waals surface area (Å²) in [4.78, 5) is 31.8. The molecule has 0 radical (unpaired) electrons. The van der Waals surface area contributed by atoms with Crippen molar-refractivity contribution in [1.29, 1.82) is 0 Å². The second-order valence-electron chi connectivity index (χ2n) is 9.06. The molecule has 0 atom stereocenters. The molecular weight excluding hydrogens is 364 g/mol. The molecule has 6 heteroatoms. The molecule has 158 valence electrons. The first-order valence-corrected chi connectivity index (χ1v) is 11.1. The Hall–Kier alpha value is -2.08. The minimum atomic E-state index is 0.141. The number of rotatable bonds is 5. The smallest absolute Gasteiger partial charge is 0.253 e. The van der Waals surface area contributed by atoms with E-state index in [1.165, 1.54) is 0 Å². The summed E-state index contributed by atoms with van der Waals surface area (Å²) in [6.07, 6.45) is 6.29. The monoisotopic (exact) mass is 398 g/mol. The fourth-order valence-electron chi connectivity index (χ4n) is 4.61. The third-order valence-corrected chi connectivity index (χ3v) is 6.70. The van der Waals surface area contributed by atoms with Crippen molar-refractivity contribution >= 4 is 17.5 Å². The van der Waals surface area contributed by atoms with Gasteiger partial charge >= 0.3 is 0 Å². The predicted molar refractivity (Wildman–Crippen MR) is 115 cm³/mol. The summed E-state index contributed by atoms with van der Waals surface area (Å²) in [6, 6.07) is 8.88. The zero-order valence-electron chi connectivity index (χ0n) is 17.8. The van der Waals surface area contributed by atoms with Crippen LogP contribution in [0.4, 0.5) is 5.69 Å². The van der Waals surface area contributed by atoms with E-state index < -0.39 is 0 Å². The van der Waals surface area contributed by atoms with E-state index in [1.54, 1.807) is 0 Å². The fraction of sp³-hybridized carbons (Fsp3) is 0.652. The molecule has 2 saturated heterocycles. The van der Waals surface area contributed by atoms with Gasteiger partial charge in [-0.15, -0.1) is 0 Å². The van der Waals surface area contributed by atoms with E-state index in [1.807, 2.05) is 48.2 Å². The highest BCUT2D eigenvalue weighted by Gasteiger charge is 2.33. The number of carbonyl (C=O) groups excluding carboxylic acids is 2. The highest BCUT2D eigenvalue weighted by atomic mass is 16.2. The Kier molecular flexibility index (Phi) is 6.09. The molecule has 0 aromatic heterocycles. The fourth-order valence-corrected chi connectivity index (χ4v) is 4.61. The lowest BCUT2D eigenvalue weighted by Gasteiger charge is -2.41. The van der Waals surface area contributed by atoms with Crippen LogP contribution < -0.4 is 10.2 Å². The molecular formula is C23H34N4O2. The lowest BCUT2D eigenvalue weighted by molar-refractivity contribution is -0.126. The van der Waals surface area contributed by atoms with Gasteiger partial charge in [0.2, 0.25) is 5.91 Å². The van der Waals surface area contributed by atoms with Crippen molar-refractivity contribution in [3.63, 3.8) is 0 Å². The third-order valence-electron chi connectivity index (χ3n) is 6.70. The van der Waals surface area contributed by atoms with Gasteiger partial charge in [-0.1, -0.05) is 6.07 Å². The van der Waals surface area contributed by atoms with Crippen LogP contribution in [-0.2, 0) is 4.79 Å². The van der Waals surface area contributed by atoms with Crippen molar-refractivity contribution < 1.29 is 9.59 Å². The van der Waals surface area contributed by atoms with Crippen LogP contribution in [0.3, 0.4) is 0 Å². The van der Waals surface area contributed by atoms with Gasteiger partial charge in [0.1, 0.15) is 0 Å². The van der Waals surface area contributed by atoms with Crippen molar-refractivity contribution in [2.75, 3.05) is 45.2 Å². The molecule has 6 nitrogen and oxygen atoms in total. The predicted octanol–water partition coefficient (Wildman–Crippen LogP) is 2.35. The highest BCUT2D eigenvalue weighted by molar-refractivity contribution is 5.95. The van der Waals surface area contributed by atoms with Crippen LogP contribution in [0.1, 0.15) is 48.9 Å². The van der Waals surface area contributed by atoms with E-state index >= 15 is 0 Å². The van der Waals surface area contributed by atoms with Gasteiger partial charge in [0.25, 0.3) is 5.91 Å². The van der Waals surface area contributed by atoms with Gasteiger partial charge in [0.15, 0.2) is 0 Å². The number of piperidine rings is 2. The van der Waals surface area contributed by atoms with E-state index in [0.29, 0.717) is 12.1 Å². The highest BCUT2D eigenvalue weighted by Crippen LogP contribution is 2.26. The molecule has 1 N–H and O–H groups in total. The van der Waals surface area contributed by atoms with E-state index in [0.717, 1.165) is 76.0 Å². The molecule has 29 heavy (non-hydrogen) atoms. The number of benzene rings is 1. The average Bonchev–Trinajstić information content (AvgIpc) is 3.57. The second-order valence-corrected chi connectivity index (χ2v) is 9.06. The van der Waals surface area contributed by atoms with Gasteiger partial charge in [-0.2, -0.15) is 0 Å². The molecule has 1 aliphatic carbocycles. The number of hydrogen-bond acceptors (Lipinski definition) is 4. The van der Waals surface area contributed by atoms with E-state index in [9.17, 15) is 9.59 Å². The van der Waals surface area contributed by atoms with Gasteiger partial charge in [-0.3, -0.25) is 9.59 Å². The Morgan fingerprint density at radius 2 is 1.66 bits per heavy atom. The van der Waals surface area contributed by atoms with Crippen LogP contribution in [0.25, 0.3) is 0 Å². The normalized spacial score (nSPS) is 21.8. The zero-order chi connectivity index (χ0) is 20.4. The van der Waals surface area contributed by atoms with Gasteiger partial charge in [-0.05, 0) is 69.8 Å². The molecule has 1 aromatic rings. The summed E-state index contributed by atoms with van der Waals surface area (Å²) < 4.78 is 0. The summed E-state index contributed by atoms with van der Waals surface area (Å²) in [6.45, 7) is 3.65. The minimum Gasteiger partial charge on any atom is -0.378 e. The molecule has 2 aliphatic heterocycles. The van der Waals surface area contributed by atoms with Gasteiger partial charge < -0.3 is 20.0 Å². The number of amides is 2. The van der Waals surface area contributed by atoms with Crippen LogP contribution in [0.15, 0.2) is 24.3 Å². The van der Waals surface area contributed by atoms with Crippen LogP contribution in [0, 0.1) is 5.92 Å². The summed E-state index contributed by atoms with van der Waals surface area (Å²) in [5.41, 5.74) is 1.83. The molecule has 1 aromatic carbocycles. The van der Waals surface area contributed by atoms with Crippen LogP contribution in [0.2, 0.25) is 0 Å². The molecule has 1 saturated carbocycles. The van der Waals surface area contributed by atoms with Gasteiger partial charge in [-0.25, -0.2) is 0 Å². The molecule has 3 aliphatic rings. The number of carbonyl (C=O) groups is 2. The molecule has 2 heterocycles. The number of hydrogen-bond donors (Lipinski definition) is 1. The molecule has 0 spiro atoms. The summed E-state index contributed by atoms with van der Waals surface area (Å²) in [5.74, 6) is 0.604. The largest absolute Gasteiger partial charge is 0.378 e. The lowest BCUT2D eigenvalue weighted by atomic mass is 9.92. The SMILES string of the molecule is CN(C)c1cccc(C(=O)N2CCC(N3CCC(C(=O)NC4CC4)CC3)CC2)c1. The van der Waals surface area contributed by atoms with Crippen LogP contribution >= 0.6 is 0 Å². The Balaban J connectivity index is 1.25. The maximum absolute atomic E-state index is 12.9. The van der Waals surface area contributed by atoms with Gasteiger partial charge in [0, 0.05) is 56.4 Å². The van der Waals surface area contributed by atoms with Crippen LogP contribution in [-0.4, -0.2) is 74.0 Å². The summed E-state index contributed by atoms with van der Waals surface area (Å²) in [7, 11) is 3.99. The quantitative estimate of drug-likeness (QED) is 0.827. The van der Waals surface area contributed by atoms with Crippen molar-refractivity contribution in [2.45, 2.75) is 50.6 Å². The molecule has 0 bridgehead atoms. The first kappa shape index (κ1) is 20.2. The van der Waals surface area contributed by atoms with E-state index in [4.69, 9.17) is 0 Å². The number of nitrogens with zero attached hydrogens (tertiary/aromatic N) is 3. The Morgan fingerprint density at radius 1 is 0.966 bits per heavy atom. The minimum absolute atomic E-state index is 0.141. The number of nitrogens with one attached hydrogen (secondary N) is 1. The number of anilines is 1. The zero-order valence-corrected chi connectivity index (χ0v) is 17.8. The average molecular weight is 399 g/mol. The first-order chi connectivity index (χ1) is 14.0. The van der Waals surface area contributed by atoms with Crippen LogP contribution in [0.5, 0.6) is 0 Å². The molecule has 4 rings (SSSR count). The Labute approximate surface area is 174 Å². The standard InChI is InChI=1S/C23H34N4O2/c1-25(2)21-5-3-4-18(16-21)23(29)27-14-10-20(11-15-27)26-12-8-17(9-13-26)22(28)24-19-6-7-19/h3-5,16-17,19-20H,6-15H2,1-2H3,(H,24,28). The maximum atomic E-state index is 12.9. The third kappa shape index (κ3) is 4.92. The summed E-state index contributed by atoms with van der Waals surface area (Å²) >= 11 is 0. The van der Waals surface area contributed by atoms with Crippen molar-refractivity contribution in [3.8, 4) is 0 Å². The van der Waals surface area contributed by atoms with Crippen molar-refractivity contribution in [3.05, 3.63) is 29.8 Å². The van der Waals surface area contributed by atoms with E-state index in [-0.39, 0.29) is 17.7 Å². The van der Waals surface area contributed by atoms with Crippen molar-refractivity contribution in [2.24, 2.45) is 5.92 Å². The Morgan fingerprint density at radius 3 is 2.28 bits per heavy atom. The topological polar surface area (TPSA) is 55.9 Å².